The molecule has 1 aromatic heterocycles. The van der Waals surface area contributed by atoms with E-state index in [0.29, 0.717) is 25.9 Å². The lowest BCUT2D eigenvalue weighted by molar-refractivity contribution is -0.134. The average molecular weight is 277 g/mol. The number of aromatic amines is 1. The summed E-state index contributed by atoms with van der Waals surface area (Å²) >= 11 is 0. The van der Waals surface area contributed by atoms with Crippen molar-refractivity contribution in [1.29, 1.82) is 0 Å². The molecule has 0 aromatic carbocycles. The molecule has 1 aromatic rings. The summed E-state index contributed by atoms with van der Waals surface area (Å²) in [5, 5.41) is 0. The Bertz CT molecular complexity index is 557. The summed E-state index contributed by atoms with van der Waals surface area (Å²) in [6.45, 7) is 1.02. The Morgan fingerprint density at radius 1 is 1.30 bits per heavy atom. The number of rotatable bonds is 2. The summed E-state index contributed by atoms with van der Waals surface area (Å²) in [4.78, 5) is 41.7. The normalized spacial score (nSPS) is 16.0. The summed E-state index contributed by atoms with van der Waals surface area (Å²) in [7, 11) is 3.48. The molecule has 108 valence electrons. The van der Waals surface area contributed by atoms with Crippen molar-refractivity contribution in [1.82, 2.24) is 14.8 Å². The van der Waals surface area contributed by atoms with Gasteiger partial charge in [-0.05, 0) is 12.8 Å². The molecule has 0 spiro atoms. The summed E-state index contributed by atoms with van der Waals surface area (Å²) < 4.78 is 0. The molecule has 1 aliphatic rings. The predicted octanol–water partition coefficient (Wildman–Crippen LogP) is 0.315. The van der Waals surface area contributed by atoms with E-state index in [1.54, 1.807) is 23.9 Å². The van der Waals surface area contributed by atoms with Gasteiger partial charge in [-0.25, -0.2) is 0 Å². The largest absolute Gasteiger partial charge is 0.367 e. The first-order valence-corrected chi connectivity index (χ1v) is 6.68. The fourth-order valence-electron chi connectivity index (χ4n) is 2.45. The van der Waals surface area contributed by atoms with Crippen LogP contribution in [0.2, 0.25) is 0 Å². The molecule has 0 unspecified atom stereocenters. The molecule has 0 radical (unpaired) electrons. The van der Waals surface area contributed by atoms with Crippen molar-refractivity contribution >= 4 is 11.8 Å². The van der Waals surface area contributed by atoms with Gasteiger partial charge in [0.1, 0.15) is 5.56 Å². The van der Waals surface area contributed by atoms with Gasteiger partial charge in [-0.1, -0.05) is 0 Å². The molecule has 1 fully saturated rings. The molecule has 6 heteroatoms. The highest BCUT2D eigenvalue weighted by molar-refractivity contribution is 5.94. The zero-order valence-electron chi connectivity index (χ0n) is 11.8. The summed E-state index contributed by atoms with van der Waals surface area (Å²) in [5.74, 6) is -0.180. The van der Waals surface area contributed by atoms with E-state index in [0.717, 1.165) is 0 Å². The molecule has 6 nitrogen and oxygen atoms in total. The number of H-pyrrole nitrogens is 1. The number of pyridine rings is 1. The molecule has 2 heterocycles. The number of likely N-dealkylation sites (tertiary alicyclic amines) is 1. The molecule has 0 bridgehead atoms. The van der Waals surface area contributed by atoms with Crippen molar-refractivity contribution in [3.8, 4) is 0 Å². The fraction of sp³-hybridized carbons (Fsp3) is 0.500. The first-order chi connectivity index (χ1) is 9.50. The maximum absolute atomic E-state index is 12.2. The Labute approximate surface area is 117 Å². The van der Waals surface area contributed by atoms with E-state index in [1.807, 2.05) is 0 Å². The van der Waals surface area contributed by atoms with E-state index < -0.39 is 0 Å². The van der Waals surface area contributed by atoms with Crippen LogP contribution in [0.4, 0.5) is 0 Å². The molecule has 1 saturated heterocycles. The minimum atomic E-state index is -0.278. The Morgan fingerprint density at radius 2 is 1.95 bits per heavy atom. The Balaban J connectivity index is 2.01. The van der Waals surface area contributed by atoms with Gasteiger partial charge >= 0.3 is 0 Å². The van der Waals surface area contributed by atoms with Crippen LogP contribution in [0, 0.1) is 5.92 Å². The summed E-state index contributed by atoms with van der Waals surface area (Å²) in [6, 6.07) is 1.34. The van der Waals surface area contributed by atoms with E-state index >= 15 is 0 Å². The summed E-state index contributed by atoms with van der Waals surface area (Å²) in [5.41, 5.74) is -0.120. The van der Waals surface area contributed by atoms with E-state index in [4.69, 9.17) is 0 Å². The minimum absolute atomic E-state index is 0.0249. The second kappa shape index (κ2) is 5.90. The lowest BCUT2D eigenvalue weighted by Crippen LogP contribution is -2.43. The number of hydrogen-bond acceptors (Lipinski definition) is 3. The standard InChI is InChI=1S/C14H19N3O3/c1-16(2)13(19)10-4-7-17(8-5-10)14(20)11-9-15-6-3-12(11)18/h3,6,9-10H,4-5,7-8H2,1-2H3,(H,15,18). The van der Waals surface area contributed by atoms with Crippen LogP contribution in [-0.2, 0) is 4.79 Å². The second-order valence-electron chi connectivity index (χ2n) is 5.22. The molecule has 1 N–H and O–H groups in total. The van der Waals surface area contributed by atoms with Crippen LogP contribution in [-0.4, -0.2) is 53.8 Å². The van der Waals surface area contributed by atoms with Gasteiger partial charge in [-0.2, -0.15) is 0 Å². The smallest absolute Gasteiger partial charge is 0.259 e. The number of hydrogen-bond donors (Lipinski definition) is 1. The maximum atomic E-state index is 12.2. The van der Waals surface area contributed by atoms with Crippen molar-refractivity contribution in [2.24, 2.45) is 5.92 Å². The van der Waals surface area contributed by atoms with Gasteiger partial charge in [0.05, 0.1) is 0 Å². The fourth-order valence-corrected chi connectivity index (χ4v) is 2.45. The van der Waals surface area contributed by atoms with Crippen molar-refractivity contribution in [2.75, 3.05) is 27.2 Å². The van der Waals surface area contributed by atoms with Gasteiger partial charge in [0.25, 0.3) is 5.91 Å². The van der Waals surface area contributed by atoms with Crippen LogP contribution in [0.1, 0.15) is 23.2 Å². The van der Waals surface area contributed by atoms with Gasteiger partial charge in [0.2, 0.25) is 5.91 Å². The van der Waals surface area contributed by atoms with Crippen LogP contribution >= 0.6 is 0 Å². The summed E-state index contributed by atoms with van der Waals surface area (Å²) in [6.07, 6.45) is 4.23. The molecule has 0 saturated carbocycles. The molecular formula is C14H19N3O3. The van der Waals surface area contributed by atoms with Crippen molar-refractivity contribution in [3.63, 3.8) is 0 Å². The Kier molecular flexibility index (Phi) is 4.22. The van der Waals surface area contributed by atoms with Crippen LogP contribution < -0.4 is 5.43 Å². The number of carbonyl (C=O) groups is 2. The third-order valence-corrected chi connectivity index (χ3v) is 3.63. The van der Waals surface area contributed by atoms with Crippen molar-refractivity contribution in [2.45, 2.75) is 12.8 Å². The van der Waals surface area contributed by atoms with E-state index in [1.165, 1.54) is 18.5 Å². The quantitative estimate of drug-likeness (QED) is 0.846. The third-order valence-electron chi connectivity index (χ3n) is 3.63. The van der Waals surface area contributed by atoms with E-state index in [2.05, 4.69) is 4.98 Å². The molecule has 2 amide bonds. The SMILES string of the molecule is CN(C)C(=O)C1CCN(C(=O)c2c[nH]ccc2=O)CC1. The monoisotopic (exact) mass is 277 g/mol. The first kappa shape index (κ1) is 14.3. The van der Waals surface area contributed by atoms with Crippen LogP contribution in [0.3, 0.4) is 0 Å². The molecule has 0 aliphatic carbocycles. The molecule has 2 rings (SSSR count). The van der Waals surface area contributed by atoms with Gasteiger partial charge in [-0.15, -0.1) is 0 Å². The highest BCUT2D eigenvalue weighted by atomic mass is 16.2. The number of aromatic nitrogens is 1. The minimum Gasteiger partial charge on any atom is -0.367 e. The van der Waals surface area contributed by atoms with Gasteiger partial charge < -0.3 is 14.8 Å². The second-order valence-corrected chi connectivity index (χ2v) is 5.22. The van der Waals surface area contributed by atoms with Gasteiger partial charge in [-0.3, -0.25) is 14.4 Å². The van der Waals surface area contributed by atoms with E-state index in [-0.39, 0.29) is 28.7 Å². The lowest BCUT2D eigenvalue weighted by Gasteiger charge is -2.32. The van der Waals surface area contributed by atoms with Gasteiger partial charge in [0.15, 0.2) is 5.43 Å². The Hall–Kier alpha value is -2.11. The predicted molar refractivity (Wildman–Crippen MR) is 74.4 cm³/mol. The zero-order valence-corrected chi connectivity index (χ0v) is 11.8. The number of amides is 2. The van der Waals surface area contributed by atoms with E-state index in [9.17, 15) is 14.4 Å². The van der Waals surface area contributed by atoms with Crippen LogP contribution in [0.5, 0.6) is 0 Å². The van der Waals surface area contributed by atoms with Gasteiger partial charge in [0, 0.05) is 51.6 Å². The number of nitrogens with zero attached hydrogens (tertiary/aromatic N) is 2. The van der Waals surface area contributed by atoms with Crippen molar-refractivity contribution in [3.05, 3.63) is 34.2 Å². The number of nitrogens with one attached hydrogen (secondary N) is 1. The topological polar surface area (TPSA) is 73.5 Å². The van der Waals surface area contributed by atoms with Crippen molar-refractivity contribution < 1.29 is 9.59 Å². The first-order valence-electron chi connectivity index (χ1n) is 6.68. The zero-order chi connectivity index (χ0) is 14.7. The van der Waals surface area contributed by atoms with Crippen LogP contribution in [0.15, 0.2) is 23.3 Å². The van der Waals surface area contributed by atoms with Crippen LogP contribution in [0.25, 0.3) is 0 Å². The third kappa shape index (κ3) is 2.89. The molecule has 0 atom stereocenters. The lowest BCUT2D eigenvalue weighted by atomic mass is 9.95. The highest BCUT2D eigenvalue weighted by Gasteiger charge is 2.29. The molecule has 1 aliphatic heterocycles. The number of piperidine rings is 1. The average Bonchev–Trinajstić information content (AvgIpc) is 2.46. The molecule has 20 heavy (non-hydrogen) atoms. The highest BCUT2D eigenvalue weighted by Crippen LogP contribution is 2.19. The Morgan fingerprint density at radius 3 is 2.50 bits per heavy atom. The number of carbonyl (C=O) groups excluding carboxylic acids is 2. The molecular weight excluding hydrogens is 258 g/mol. The maximum Gasteiger partial charge on any atom is 0.259 e.